The number of nitriles is 1. The topological polar surface area (TPSA) is 114 Å². The van der Waals surface area contributed by atoms with Crippen LogP contribution in [0.2, 0.25) is 5.04 Å². The van der Waals surface area contributed by atoms with Crippen molar-refractivity contribution in [3.63, 3.8) is 0 Å². The van der Waals surface area contributed by atoms with E-state index in [2.05, 4.69) is 26.5 Å². The molecule has 0 saturated carbocycles. The van der Waals surface area contributed by atoms with Gasteiger partial charge in [0.15, 0.2) is 11.8 Å². The number of nitrogen functional groups attached to an aromatic ring is 1. The number of aryl methyl sites for hydroxylation is 2. The Morgan fingerprint density at radius 1 is 0.957 bits per heavy atom. The largest absolute Gasteiger partial charge is 0.419 e. The number of pyridine rings is 1. The summed E-state index contributed by atoms with van der Waals surface area (Å²) in [4.78, 5) is 9.11. The number of hydrogen-bond donors (Lipinski definition) is 2. The lowest BCUT2D eigenvalue weighted by atomic mass is 10.2. The molecule has 1 unspecified atom stereocenters. The van der Waals surface area contributed by atoms with Crippen molar-refractivity contribution in [3.8, 4) is 6.07 Å². The van der Waals surface area contributed by atoms with Crippen LogP contribution in [0.4, 0.5) is 24.8 Å². The minimum Gasteiger partial charge on any atom is -0.391 e. The zero-order valence-corrected chi connectivity index (χ0v) is 28.1. The third-order valence-corrected chi connectivity index (χ3v) is 13.3. The molecule has 3 N–H and O–H groups in total. The van der Waals surface area contributed by atoms with Crippen LogP contribution in [0, 0.1) is 18.3 Å². The van der Waals surface area contributed by atoms with Gasteiger partial charge in [-0.1, -0.05) is 94.4 Å². The maximum Gasteiger partial charge on any atom is 0.419 e. The van der Waals surface area contributed by atoms with Gasteiger partial charge in [0.1, 0.15) is 23.3 Å². The van der Waals surface area contributed by atoms with Crippen molar-refractivity contribution in [2.45, 2.75) is 64.8 Å². The average Bonchev–Trinajstić information content (AvgIpc) is 3.36. The maximum absolute atomic E-state index is 15.1. The number of alkyl halides is 3. The van der Waals surface area contributed by atoms with E-state index >= 15 is 13.2 Å². The Hall–Kier alpha value is -4.73. The second kappa shape index (κ2) is 13.2. The monoisotopic (exact) mass is 657 g/mol. The highest BCUT2D eigenvalue weighted by atomic mass is 28.4. The molecule has 12 heteroatoms. The van der Waals surface area contributed by atoms with Crippen molar-refractivity contribution in [2.24, 2.45) is 0 Å². The number of benzene rings is 2. The molecular weight excluding hydrogens is 620 g/mol. The first-order valence-corrected chi connectivity index (χ1v) is 17.4. The Labute approximate surface area is 273 Å². The summed E-state index contributed by atoms with van der Waals surface area (Å²) < 4.78 is 53.2. The normalized spacial score (nSPS) is 13.0. The van der Waals surface area contributed by atoms with E-state index < -0.39 is 25.6 Å². The lowest BCUT2D eigenvalue weighted by Crippen LogP contribution is -2.67. The van der Waals surface area contributed by atoms with Crippen LogP contribution in [0.5, 0.6) is 0 Å². The van der Waals surface area contributed by atoms with Gasteiger partial charge in [0.2, 0.25) is 0 Å². The van der Waals surface area contributed by atoms with Crippen LogP contribution in [0.1, 0.15) is 62.0 Å². The van der Waals surface area contributed by atoms with Crippen molar-refractivity contribution in [3.05, 3.63) is 107 Å². The maximum atomic E-state index is 15.1. The molecule has 0 amide bonds. The number of anilines is 2. The first-order chi connectivity index (χ1) is 22.3. The Morgan fingerprint density at radius 3 is 2.11 bits per heavy atom. The molecular formula is C35H38F3N7OSi. The summed E-state index contributed by atoms with van der Waals surface area (Å²) in [5, 5.41) is 18.2. The van der Waals surface area contributed by atoms with Gasteiger partial charge in [-0.05, 0) is 40.9 Å². The Morgan fingerprint density at radius 2 is 1.57 bits per heavy atom. The number of rotatable bonds is 10. The summed E-state index contributed by atoms with van der Waals surface area (Å²) in [6.45, 7) is 9.89. The first-order valence-electron chi connectivity index (χ1n) is 15.4. The summed E-state index contributed by atoms with van der Waals surface area (Å²) in [6.07, 6.45) is -6.07. The summed E-state index contributed by atoms with van der Waals surface area (Å²) in [5.74, 6) is 0.447. The van der Waals surface area contributed by atoms with Gasteiger partial charge in [-0.25, -0.2) is 4.98 Å². The number of aromatic nitrogens is 4. The van der Waals surface area contributed by atoms with E-state index in [1.54, 1.807) is 12.1 Å². The van der Waals surface area contributed by atoms with Gasteiger partial charge in [0.05, 0.1) is 11.4 Å². The molecule has 0 aliphatic carbocycles. The molecule has 0 fully saturated rings. The van der Waals surface area contributed by atoms with Crippen molar-refractivity contribution in [1.82, 2.24) is 19.6 Å². The number of nitrogens with two attached hydrogens (primary N) is 1. The molecule has 3 aromatic heterocycles. The van der Waals surface area contributed by atoms with Crippen LogP contribution in [-0.2, 0) is 17.3 Å². The molecule has 47 heavy (non-hydrogen) atoms. The number of halogens is 3. The molecule has 244 valence electrons. The van der Waals surface area contributed by atoms with Gasteiger partial charge in [-0.3, -0.25) is 4.98 Å². The van der Waals surface area contributed by atoms with E-state index in [-0.39, 0.29) is 35.9 Å². The van der Waals surface area contributed by atoms with Crippen LogP contribution in [0.15, 0.2) is 78.9 Å². The Bertz CT molecular complexity index is 1860. The highest BCUT2D eigenvalue weighted by Gasteiger charge is 2.56. The SMILES string of the molecule is CCc1c(C)nn2c(N)c(C#N)c(NCCc3cccc(C(O[Si](c4ccccc4)(c4ccccc4)C(C)(C)C)C(F)(F)F)n3)nc12. The van der Waals surface area contributed by atoms with E-state index in [4.69, 9.17) is 10.2 Å². The Balaban J connectivity index is 1.48. The first kappa shape index (κ1) is 33.6. The minimum absolute atomic E-state index is 0.139. The molecule has 0 radical (unpaired) electrons. The minimum atomic E-state index is -4.74. The molecule has 2 aromatic carbocycles. The van der Waals surface area contributed by atoms with Gasteiger partial charge in [0, 0.05) is 24.2 Å². The van der Waals surface area contributed by atoms with Crippen molar-refractivity contribution in [1.29, 1.82) is 5.26 Å². The summed E-state index contributed by atoms with van der Waals surface area (Å²) in [5.41, 5.74) is 8.87. The average molecular weight is 658 g/mol. The standard InChI is InChI=1S/C35H38F3N7OSi/c1-6-27-23(2)44-45-31(40)28(22-39)32(43-33(27)45)41-21-20-24-14-13-19-29(42-24)30(35(36,37)38)46-47(34(3,4)5,25-15-9-7-10-16-25)26-17-11-8-12-18-26/h7-19,30H,6,20-21,40H2,1-5H3,(H,41,43). The number of nitrogens with zero attached hydrogens (tertiary/aromatic N) is 5. The van der Waals surface area contributed by atoms with Crippen LogP contribution in [0.25, 0.3) is 5.65 Å². The van der Waals surface area contributed by atoms with Gasteiger partial charge >= 0.3 is 6.18 Å². The fourth-order valence-corrected chi connectivity index (χ4v) is 10.7. The molecule has 0 aliphatic heterocycles. The molecule has 0 spiro atoms. The highest BCUT2D eigenvalue weighted by Crippen LogP contribution is 2.44. The van der Waals surface area contributed by atoms with Crippen LogP contribution in [-0.4, -0.2) is 40.6 Å². The molecule has 0 bridgehead atoms. The van der Waals surface area contributed by atoms with E-state index in [0.29, 0.717) is 17.8 Å². The molecule has 0 saturated heterocycles. The Kier molecular flexibility index (Phi) is 9.43. The molecule has 5 aromatic rings. The van der Waals surface area contributed by atoms with Gasteiger partial charge in [-0.15, -0.1) is 0 Å². The van der Waals surface area contributed by atoms with E-state index in [1.165, 1.54) is 10.6 Å². The van der Waals surface area contributed by atoms with Crippen LogP contribution >= 0.6 is 0 Å². The molecule has 3 heterocycles. The lowest BCUT2D eigenvalue weighted by molar-refractivity contribution is -0.201. The zero-order valence-electron chi connectivity index (χ0n) is 27.1. The van der Waals surface area contributed by atoms with Crippen LogP contribution < -0.4 is 21.4 Å². The second-order valence-corrected chi connectivity index (χ2v) is 16.7. The third-order valence-electron chi connectivity index (χ3n) is 8.34. The predicted octanol–water partition coefficient (Wildman–Crippen LogP) is 6.28. The van der Waals surface area contributed by atoms with Gasteiger partial charge in [0.25, 0.3) is 8.32 Å². The summed E-state index contributed by atoms with van der Waals surface area (Å²) in [7, 11) is -3.57. The number of fused-ring (bicyclic) bond motifs is 1. The van der Waals surface area contributed by atoms with E-state index in [1.807, 2.05) is 95.3 Å². The van der Waals surface area contributed by atoms with Gasteiger partial charge < -0.3 is 15.5 Å². The summed E-state index contributed by atoms with van der Waals surface area (Å²) >= 11 is 0. The second-order valence-electron chi connectivity index (χ2n) is 12.4. The van der Waals surface area contributed by atoms with E-state index in [0.717, 1.165) is 21.6 Å². The number of nitrogens with one attached hydrogen (secondary N) is 1. The van der Waals surface area contributed by atoms with Gasteiger partial charge in [-0.2, -0.15) is 28.0 Å². The van der Waals surface area contributed by atoms with Crippen molar-refractivity contribution in [2.75, 3.05) is 17.6 Å². The molecule has 1 atom stereocenters. The smallest absolute Gasteiger partial charge is 0.391 e. The fourth-order valence-electron chi connectivity index (χ4n) is 6.13. The highest BCUT2D eigenvalue weighted by molar-refractivity contribution is 6.99. The third kappa shape index (κ3) is 6.46. The lowest BCUT2D eigenvalue weighted by Gasteiger charge is -2.45. The fraction of sp³-hybridized carbons (Fsp3) is 0.314. The molecule has 8 nitrogen and oxygen atoms in total. The van der Waals surface area contributed by atoms with Crippen molar-refractivity contribution < 1.29 is 17.6 Å². The van der Waals surface area contributed by atoms with Crippen molar-refractivity contribution >= 4 is 36.0 Å². The summed E-state index contributed by atoms with van der Waals surface area (Å²) in [6, 6.07) is 25.1. The molecule has 0 aliphatic rings. The van der Waals surface area contributed by atoms with E-state index in [9.17, 15) is 5.26 Å². The quantitative estimate of drug-likeness (QED) is 0.170. The number of hydrogen-bond acceptors (Lipinski definition) is 7. The predicted molar refractivity (Wildman–Crippen MR) is 180 cm³/mol. The van der Waals surface area contributed by atoms with Crippen LogP contribution in [0.3, 0.4) is 0 Å². The zero-order chi connectivity index (χ0) is 34.0. The molecule has 5 rings (SSSR count).